The van der Waals surface area contributed by atoms with Crippen LogP contribution in [-0.4, -0.2) is 40.5 Å². The SMILES string of the molecule is COCCN(CCOC)c1c(Cl)cccc1CCl. The van der Waals surface area contributed by atoms with Crippen LogP contribution in [0.2, 0.25) is 5.02 Å². The van der Waals surface area contributed by atoms with Crippen LogP contribution in [0.25, 0.3) is 0 Å². The van der Waals surface area contributed by atoms with E-state index in [9.17, 15) is 0 Å². The van der Waals surface area contributed by atoms with Crippen molar-refractivity contribution in [1.29, 1.82) is 0 Å². The van der Waals surface area contributed by atoms with E-state index in [1.54, 1.807) is 14.2 Å². The molecule has 18 heavy (non-hydrogen) atoms. The second-order valence-electron chi connectivity index (χ2n) is 3.85. The Morgan fingerprint density at radius 1 is 1.11 bits per heavy atom. The summed E-state index contributed by atoms with van der Waals surface area (Å²) < 4.78 is 10.3. The third-order valence-corrected chi connectivity index (χ3v) is 3.25. The lowest BCUT2D eigenvalue weighted by molar-refractivity contribution is 0.190. The first kappa shape index (κ1) is 15.6. The number of benzene rings is 1. The molecule has 0 aliphatic rings. The first-order valence-corrected chi connectivity index (χ1v) is 6.72. The van der Waals surface area contributed by atoms with Gasteiger partial charge in [0.1, 0.15) is 0 Å². The molecule has 1 aromatic carbocycles. The van der Waals surface area contributed by atoms with Crippen molar-refractivity contribution < 1.29 is 9.47 Å². The highest BCUT2D eigenvalue weighted by Crippen LogP contribution is 2.30. The Hall–Kier alpha value is -0.480. The van der Waals surface area contributed by atoms with Gasteiger partial charge in [-0.1, -0.05) is 23.7 Å². The van der Waals surface area contributed by atoms with E-state index >= 15 is 0 Å². The van der Waals surface area contributed by atoms with Crippen molar-refractivity contribution in [2.45, 2.75) is 5.88 Å². The molecule has 0 N–H and O–H groups in total. The maximum atomic E-state index is 6.28. The van der Waals surface area contributed by atoms with E-state index in [4.69, 9.17) is 32.7 Å². The zero-order valence-corrected chi connectivity index (χ0v) is 12.3. The van der Waals surface area contributed by atoms with Crippen molar-refractivity contribution in [1.82, 2.24) is 0 Å². The van der Waals surface area contributed by atoms with Gasteiger partial charge in [-0.25, -0.2) is 0 Å². The van der Waals surface area contributed by atoms with Crippen LogP contribution in [0, 0.1) is 0 Å². The summed E-state index contributed by atoms with van der Waals surface area (Å²) in [5, 5.41) is 0.709. The minimum Gasteiger partial charge on any atom is -0.383 e. The molecule has 0 unspecified atom stereocenters. The molecule has 0 fully saturated rings. The van der Waals surface area contributed by atoms with Gasteiger partial charge in [-0.15, -0.1) is 11.6 Å². The van der Waals surface area contributed by atoms with Gasteiger partial charge in [-0.05, 0) is 11.6 Å². The molecule has 0 amide bonds. The molecule has 0 atom stereocenters. The third-order valence-electron chi connectivity index (χ3n) is 2.66. The van der Waals surface area contributed by atoms with Crippen LogP contribution in [0.1, 0.15) is 5.56 Å². The van der Waals surface area contributed by atoms with Gasteiger partial charge in [0, 0.05) is 33.2 Å². The van der Waals surface area contributed by atoms with Gasteiger partial charge in [0.15, 0.2) is 0 Å². The van der Waals surface area contributed by atoms with Crippen molar-refractivity contribution in [2.75, 3.05) is 45.4 Å². The van der Waals surface area contributed by atoms with Gasteiger partial charge in [0.25, 0.3) is 0 Å². The summed E-state index contributed by atoms with van der Waals surface area (Å²) >= 11 is 12.2. The molecule has 0 heterocycles. The number of nitrogens with zero attached hydrogens (tertiary/aromatic N) is 1. The molecule has 5 heteroatoms. The molecular formula is C13H19Cl2NO2. The molecule has 0 aromatic heterocycles. The number of methoxy groups -OCH3 is 2. The second-order valence-corrected chi connectivity index (χ2v) is 4.53. The minimum absolute atomic E-state index is 0.437. The van der Waals surface area contributed by atoms with Crippen molar-refractivity contribution in [3.63, 3.8) is 0 Å². The smallest absolute Gasteiger partial charge is 0.0642 e. The fourth-order valence-corrected chi connectivity index (χ4v) is 2.29. The standard InChI is InChI=1S/C13H19Cl2NO2/c1-17-8-6-16(7-9-18-2)13-11(10-14)4-3-5-12(13)15/h3-5H,6-10H2,1-2H3. The zero-order valence-electron chi connectivity index (χ0n) is 10.8. The van der Waals surface area contributed by atoms with E-state index in [2.05, 4.69) is 4.90 Å². The molecule has 3 nitrogen and oxygen atoms in total. The molecule has 102 valence electrons. The molecule has 0 radical (unpaired) electrons. The summed E-state index contributed by atoms with van der Waals surface area (Å²) in [5.74, 6) is 0.437. The summed E-state index contributed by atoms with van der Waals surface area (Å²) in [6, 6.07) is 5.77. The molecule has 0 saturated heterocycles. The van der Waals surface area contributed by atoms with E-state index in [1.165, 1.54) is 0 Å². The largest absolute Gasteiger partial charge is 0.383 e. The predicted molar refractivity (Wildman–Crippen MR) is 77.0 cm³/mol. The fraction of sp³-hybridized carbons (Fsp3) is 0.538. The molecule has 0 aliphatic heterocycles. The Kier molecular flexibility index (Phi) is 7.44. The van der Waals surface area contributed by atoms with Crippen LogP contribution < -0.4 is 4.90 Å². The van der Waals surface area contributed by atoms with E-state index in [-0.39, 0.29) is 0 Å². The van der Waals surface area contributed by atoms with Crippen molar-refractivity contribution in [2.24, 2.45) is 0 Å². The monoisotopic (exact) mass is 291 g/mol. The maximum absolute atomic E-state index is 6.28. The lowest BCUT2D eigenvalue weighted by Gasteiger charge is -2.27. The van der Waals surface area contributed by atoms with Crippen LogP contribution in [0.4, 0.5) is 5.69 Å². The van der Waals surface area contributed by atoms with Crippen LogP contribution in [0.15, 0.2) is 18.2 Å². The number of anilines is 1. The summed E-state index contributed by atoms with van der Waals surface area (Å²) in [4.78, 5) is 2.15. The average molecular weight is 292 g/mol. The lowest BCUT2D eigenvalue weighted by Crippen LogP contribution is -2.31. The van der Waals surface area contributed by atoms with Crippen molar-refractivity contribution >= 4 is 28.9 Å². The third kappa shape index (κ3) is 4.32. The summed E-state index contributed by atoms with van der Waals surface area (Å²) in [7, 11) is 3.37. The topological polar surface area (TPSA) is 21.7 Å². The Morgan fingerprint density at radius 3 is 2.22 bits per heavy atom. The molecule has 0 aliphatic carbocycles. The Labute approximate surface area is 119 Å². The number of hydrogen-bond acceptors (Lipinski definition) is 3. The molecular weight excluding hydrogens is 273 g/mol. The number of alkyl halides is 1. The summed E-state index contributed by atoms with van der Waals surface area (Å²) in [6.45, 7) is 2.79. The molecule has 0 bridgehead atoms. The number of ether oxygens (including phenoxy) is 2. The Balaban J connectivity index is 2.94. The lowest BCUT2D eigenvalue weighted by atomic mass is 10.1. The van der Waals surface area contributed by atoms with Crippen LogP contribution >= 0.6 is 23.2 Å². The first-order chi connectivity index (χ1) is 8.74. The van der Waals surface area contributed by atoms with E-state index in [0.717, 1.165) is 24.3 Å². The quantitative estimate of drug-likeness (QED) is 0.687. The minimum atomic E-state index is 0.437. The van der Waals surface area contributed by atoms with E-state index in [0.29, 0.717) is 24.1 Å². The number of rotatable bonds is 8. The summed E-state index contributed by atoms with van der Waals surface area (Å²) in [5.41, 5.74) is 2.00. The summed E-state index contributed by atoms with van der Waals surface area (Å²) in [6.07, 6.45) is 0. The highest BCUT2D eigenvalue weighted by atomic mass is 35.5. The molecule has 0 spiro atoms. The Bertz CT molecular complexity index is 353. The van der Waals surface area contributed by atoms with Gasteiger partial charge < -0.3 is 14.4 Å². The van der Waals surface area contributed by atoms with E-state index in [1.807, 2.05) is 18.2 Å². The normalized spacial score (nSPS) is 10.7. The van der Waals surface area contributed by atoms with Gasteiger partial charge in [-0.2, -0.15) is 0 Å². The van der Waals surface area contributed by atoms with Gasteiger partial charge >= 0.3 is 0 Å². The van der Waals surface area contributed by atoms with Gasteiger partial charge in [0.05, 0.1) is 23.9 Å². The van der Waals surface area contributed by atoms with Crippen molar-refractivity contribution in [3.05, 3.63) is 28.8 Å². The van der Waals surface area contributed by atoms with Crippen LogP contribution in [0.3, 0.4) is 0 Å². The first-order valence-electron chi connectivity index (χ1n) is 5.80. The zero-order chi connectivity index (χ0) is 13.4. The Morgan fingerprint density at radius 2 is 1.72 bits per heavy atom. The van der Waals surface area contributed by atoms with Crippen LogP contribution in [-0.2, 0) is 15.4 Å². The number of halogens is 2. The number of hydrogen-bond donors (Lipinski definition) is 0. The van der Waals surface area contributed by atoms with Crippen LogP contribution in [0.5, 0.6) is 0 Å². The molecule has 0 saturated carbocycles. The highest BCUT2D eigenvalue weighted by Gasteiger charge is 2.14. The van der Waals surface area contributed by atoms with Gasteiger partial charge in [-0.3, -0.25) is 0 Å². The second kappa shape index (κ2) is 8.59. The van der Waals surface area contributed by atoms with Crippen molar-refractivity contribution in [3.8, 4) is 0 Å². The molecule has 1 rings (SSSR count). The van der Waals surface area contributed by atoms with Gasteiger partial charge in [0.2, 0.25) is 0 Å². The highest BCUT2D eigenvalue weighted by molar-refractivity contribution is 6.33. The maximum Gasteiger partial charge on any atom is 0.0642 e. The number of para-hydroxylation sites is 1. The molecule has 1 aromatic rings. The van der Waals surface area contributed by atoms with E-state index < -0.39 is 0 Å². The average Bonchev–Trinajstić information content (AvgIpc) is 2.39. The fourth-order valence-electron chi connectivity index (χ4n) is 1.76. The predicted octanol–water partition coefficient (Wildman–Crippen LogP) is 3.18.